The number of hydrogen-bond acceptors (Lipinski definition) is 3. The van der Waals surface area contributed by atoms with Crippen LogP contribution in [0.15, 0.2) is 54.6 Å². The summed E-state index contributed by atoms with van der Waals surface area (Å²) in [7, 11) is 1.72. The number of rotatable bonds is 5. The molecule has 0 bridgehead atoms. The number of carbonyl (C=O) groups excluding carboxylic acids is 1. The van der Waals surface area contributed by atoms with E-state index in [1.807, 2.05) is 42.5 Å². The highest BCUT2D eigenvalue weighted by molar-refractivity contribution is 5.93. The molecule has 0 unspecified atom stereocenters. The molecule has 0 saturated carbocycles. The molecule has 0 aliphatic carbocycles. The molecule has 4 nitrogen and oxygen atoms in total. The molecule has 2 N–H and O–H groups in total. The van der Waals surface area contributed by atoms with E-state index >= 15 is 0 Å². The lowest BCUT2D eigenvalue weighted by atomic mass is 10.2. The van der Waals surface area contributed by atoms with Crippen LogP contribution in [0, 0.1) is 0 Å². The monoisotopic (exact) mass is 270 g/mol. The number of hydrogen-bond donors (Lipinski definition) is 1. The Morgan fingerprint density at radius 2 is 1.75 bits per heavy atom. The van der Waals surface area contributed by atoms with Crippen molar-refractivity contribution < 1.29 is 9.53 Å². The summed E-state index contributed by atoms with van der Waals surface area (Å²) in [5, 5.41) is 0. The highest BCUT2D eigenvalue weighted by Crippen LogP contribution is 2.15. The molecule has 0 aromatic heterocycles. The first-order chi connectivity index (χ1) is 9.66. The van der Waals surface area contributed by atoms with Crippen molar-refractivity contribution in [3.8, 4) is 0 Å². The third-order valence-corrected chi connectivity index (χ3v) is 2.99. The maximum atomic E-state index is 12.0. The van der Waals surface area contributed by atoms with Crippen LogP contribution in [0.1, 0.15) is 5.56 Å². The number of likely N-dealkylation sites (N-methyl/N-ethyl adjacent to an activating group) is 1. The van der Waals surface area contributed by atoms with Crippen LogP contribution in [0.25, 0.3) is 0 Å². The SMILES string of the molecule is CN(C(=O)COCc1ccccc1)c1ccc(N)cc1. The molecule has 0 aliphatic rings. The summed E-state index contributed by atoms with van der Waals surface area (Å²) >= 11 is 0. The van der Waals surface area contributed by atoms with Gasteiger partial charge in [0.1, 0.15) is 6.61 Å². The van der Waals surface area contributed by atoms with E-state index in [2.05, 4.69) is 0 Å². The van der Waals surface area contributed by atoms with Crippen molar-refractivity contribution in [3.05, 3.63) is 60.2 Å². The fourth-order valence-corrected chi connectivity index (χ4v) is 1.77. The Morgan fingerprint density at radius 1 is 1.10 bits per heavy atom. The first-order valence-corrected chi connectivity index (χ1v) is 6.40. The molecule has 2 rings (SSSR count). The van der Waals surface area contributed by atoms with Crippen molar-refractivity contribution in [2.24, 2.45) is 0 Å². The van der Waals surface area contributed by atoms with Crippen LogP contribution in [-0.2, 0) is 16.1 Å². The van der Waals surface area contributed by atoms with E-state index in [-0.39, 0.29) is 12.5 Å². The second kappa shape index (κ2) is 6.73. The molecule has 2 aromatic carbocycles. The first kappa shape index (κ1) is 14.1. The molecule has 0 fully saturated rings. The van der Waals surface area contributed by atoms with Gasteiger partial charge in [0.05, 0.1) is 6.61 Å². The second-order valence-corrected chi connectivity index (χ2v) is 4.52. The molecule has 0 saturated heterocycles. The molecule has 0 heterocycles. The Morgan fingerprint density at radius 3 is 2.40 bits per heavy atom. The predicted octanol–water partition coefficient (Wildman–Crippen LogP) is 2.45. The van der Waals surface area contributed by atoms with Gasteiger partial charge in [-0.05, 0) is 29.8 Å². The fraction of sp³-hybridized carbons (Fsp3) is 0.188. The quantitative estimate of drug-likeness (QED) is 0.849. The third kappa shape index (κ3) is 3.83. The van der Waals surface area contributed by atoms with Gasteiger partial charge in [-0.25, -0.2) is 0 Å². The molecule has 4 heteroatoms. The van der Waals surface area contributed by atoms with E-state index in [4.69, 9.17) is 10.5 Å². The average molecular weight is 270 g/mol. The van der Waals surface area contributed by atoms with Gasteiger partial charge in [-0.15, -0.1) is 0 Å². The normalized spacial score (nSPS) is 10.2. The van der Waals surface area contributed by atoms with Gasteiger partial charge in [-0.2, -0.15) is 0 Å². The Balaban J connectivity index is 1.84. The summed E-state index contributed by atoms with van der Waals surface area (Å²) < 4.78 is 5.43. The topological polar surface area (TPSA) is 55.6 Å². The Kier molecular flexibility index (Phi) is 4.74. The van der Waals surface area contributed by atoms with Crippen LogP contribution >= 0.6 is 0 Å². The van der Waals surface area contributed by atoms with Gasteiger partial charge < -0.3 is 15.4 Å². The first-order valence-electron chi connectivity index (χ1n) is 6.40. The Labute approximate surface area is 118 Å². The summed E-state index contributed by atoms with van der Waals surface area (Å²) in [6.45, 7) is 0.484. The van der Waals surface area contributed by atoms with Crippen LogP contribution in [-0.4, -0.2) is 19.6 Å². The lowest BCUT2D eigenvalue weighted by molar-refractivity contribution is -0.123. The van der Waals surface area contributed by atoms with Gasteiger partial charge in [-0.1, -0.05) is 30.3 Å². The minimum absolute atomic E-state index is 0.0514. The van der Waals surface area contributed by atoms with E-state index < -0.39 is 0 Å². The van der Waals surface area contributed by atoms with E-state index in [1.54, 1.807) is 24.1 Å². The fourth-order valence-electron chi connectivity index (χ4n) is 1.77. The standard InChI is InChI=1S/C16H18N2O2/c1-18(15-9-7-14(17)8-10-15)16(19)12-20-11-13-5-3-2-4-6-13/h2-10H,11-12,17H2,1H3. The zero-order valence-corrected chi connectivity index (χ0v) is 11.5. The smallest absolute Gasteiger partial charge is 0.252 e. The second-order valence-electron chi connectivity index (χ2n) is 4.52. The number of nitrogens with zero attached hydrogens (tertiary/aromatic N) is 1. The van der Waals surface area contributed by atoms with Gasteiger partial charge in [-0.3, -0.25) is 4.79 Å². The zero-order chi connectivity index (χ0) is 14.4. The Bertz CT molecular complexity index is 552. The van der Waals surface area contributed by atoms with Crippen molar-refractivity contribution in [3.63, 3.8) is 0 Å². The van der Waals surface area contributed by atoms with Crippen molar-refractivity contribution in [1.82, 2.24) is 0 Å². The van der Waals surface area contributed by atoms with Gasteiger partial charge in [0, 0.05) is 18.4 Å². The minimum atomic E-state index is -0.0919. The van der Waals surface area contributed by atoms with E-state index in [9.17, 15) is 4.79 Å². The van der Waals surface area contributed by atoms with Crippen molar-refractivity contribution in [2.45, 2.75) is 6.61 Å². The van der Waals surface area contributed by atoms with E-state index in [0.717, 1.165) is 11.3 Å². The molecular weight excluding hydrogens is 252 g/mol. The molecule has 0 spiro atoms. The van der Waals surface area contributed by atoms with Crippen LogP contribution in [0.3, 0.4) is 0 Å². The molecular formula is C16H18N2O2. The van der Waals surface area contributed by atoms with Crippen molar-refractivity contribution >= 4 is 17.3 Å². The van der Waals surface area contributed by atoms with Crippen molar-refractivity contribution in [2.75, 3.05) is 24.3 Å². The number of benzene rings is 2. The summed E-state index contributed by atoms with van der Waals surface area (Å²) in [5.41, 5.74) is 8.15. The predicted molar refractivity (Wildman–Crippen MR) is 80.4 cm³/mol. The highest BCUT2D eigenvalue weighted by Gasteiger charge is 2.10. The molecule has 0 atom stereocenters. The number of nitrogens with two attached hydrogens (primary N) is 1. The zero-order valence-electron chi connectivity index (χ0n) is 11.5. The van der Waals surface area contributed by atoms with Crippen molar-refractivity contribution in [1.29, 1.82) is 0 Å². The minimum Gasteiger partial charge on any atom is -0.399 e. The van der Waals surface area contributed by atoms with Gasteiger partial charge in [0.25, 0.3) is 5.91 Å². The van der Waals surface area contributed by atoms with Crippen LogP contribution < -0.4 is 10.6 Å². The van der Waals surface area contributed by atoms with E-state index in [1.165, 1.54) is 0 Å². The number of nitrogen functional groups attached to an aromatic ring is 1. The molecule has 104 valence electrons. The number of anilines is 2. The summed E-state index contributed by atoms with van der Waals surface area (Å²) in [5.74, 6) is -0.0919. The Hall–Kier alpha value is -2.33. The van der Waals surface area contributed by atoms with Gasteiger partial charge in [0.2, 0.25) is 0 Å². The summed E-state index contributed by atoms with van der Waals surface area (Å²) in [4.78, 5) is 13.5. The lowest BCUT2D eigenvalue weighted by Gasteiger charge is -2.17. The molecule has 20 heavy (non-hydrogen) atoms. The lowest BCUT2D eigenvalue weighted by Crippen LogP contribution is -2.30. The third-order valence-electron chi connectivity index (χ3n) is 2.99. The largest absolute Gasteiger partial charge is 0.399 e. The van der Waals surface area contributed by atoms with Crippen LogP contribution in [0.5, 0.6) is 0 Å². The molecule has 1 amide bonds. The van der Waals surface area contributed by atoms with Crippen LogP contribution in [0.4, 0.5) is 11.4 Å². The van der Waals surface area contributed by atoms with Crippen LogP contribution in [0.2, 0.25) is 0 Å². The van der Waals surface area contributed by atoms with Gasteiger partial charge in [0.15, 0.2) is 0 Å². The number of amides is 1. The maximum absolute atomic E-state index is 12.0. The summed E-state index contributed by atoms with van der Waals surface area (Å²) in [6.07, 6.45) is 0. The van der Waals surface area contributed by atoms with E-state index in [0.29, 0.717) is 12.3 Å². The average Bonchev–Trinajstić information content (AvgIpc) is 2.48. The molecule has 0 radical (unpaired) electrons. The molecule has 0 aliphatic heterocycles. The van der Waals surface area contributed by atoms with Gasteiger partial charge >= 0.3 is 0 Å². The molecule has 2 aromatic rings. The highest BCUT2D eigenvalue weighted by atomic mass is 16.5. The number of carbonyl (C=O) groups is 1. The maximum Gasteiger partial charge on any atom is 0.252 e. The number of ether oxygens (including phenoxy) is 1. The summed E-state index contributed by atoms with van der Waals surface area (Å²) in [6, 6.07) is 16.9.